The summed E-state index contributed by atoms with van der Waals surface area (Å²) in [5, 5.41) is 4.01. The van der Waals surface area contributed by atoms with Gasteiger partial charge >= 0.3 is 0 Å². The Bertz CT molecular complexity index is 570. The van der Waals surface area contributed by atoms with E-state index >= 15 is 0 Å². The zero-order valence-corrected chi connectivity index (χ0v) is 11.3. The molecule has 0 radical (unpaired) electrons. The molecule has 0 fully saturated rings. The molecule has 1 aromatic carbocycles. The van der Waals surface area contributed by atoms with Crippen LogP contribution < -0.4 is 5.32 Å². The van der Waals surface area contributed by atoms with Crippen LogP contribution in [0.25, 0.3) is 10.9 Å². The Morgan fingerprint density at radius 2 is 2.00 bits per heavy atom. The Kier molecular flexibility index (Phi) is 3.35. The summed E-state index contributed by atoms with van der Waals surface area (Å²) in [6.07, 6.45) is 0. The molecule has 0 bridgehead atoms. The molecule has 0 aliphatic heterocycles. The lowest BCUT2D eigenvalue weighted by Crippen LogP contribution is -2.16. The third-order valence-electron chi connectivity index (χ3n) is 3.01. The molecule has 3 heteroatoms. The second-order valence-electron chi connectivity index (χ2n) is 5.58. The predicted octanol–water partition coefficient (Wildman–Crippen LogP) is 3.39. The lowest BCUT2D eigenvalue weighted by molar-refractivity contribution is 0.567. The van der Waals surface area contributed by atoms with Gasteiger partial charge in [-0.05, 0) is 24.7 Å². The number of nitrogens with one attached hydrogen (secondary N) is 1. The van der Waals surface area contributed by atoms with Crippen LogP contribution >= 0.6 is 0 Å². The van der Waals surface area contributed by atoms with Crippen LogP contribution in [0.4, 0.5) is 4.39 Å². The SMILES string of the molecule is CNCc1cc(C(C)(C)C)nc2c(F)cccc12. The van der Waals surface area contributed by atoms with E-state index in [-0.39, 0.29) is 11.2 Å². The number of fused-ring (bicyclic) bond motifs is 1. The maximum Gasteiger partial charge on any atom is 0.149 e. The highest BCUT2D eigenvalue weighted by molar-refractivity contribution is 5.83. The average Bonchev–Trinajstić information content (AvgIpc) is 2.29. The van der Waals surface area contributed by atoms with Crippen molar-refractivity contribution in [2.24, 2.45) is 0 Å². The lowest BCUT2D eigenvalue weighted by Gasteiger charge is -2.20. The van der Waals surface area contributed by atoms with E-state index in [9.17, 15) is 4.39 Å². The second kappa shape index (κ2) is 4.65. The number of benzene rings is 1. The summed E-state index contributed by atoms with van der Waals surface area (Å²) >= 11 is 0. The van der Waals surface area contributed by atoms with Crippen LogP contribution in [0.2, 0.25) is 0 Å². The van der Waals surface area contributed by atoms with Gasteiger partial charge in [0.1, 0.15) is 11.3 Å². The summed E-state index contributed by atoms with van der Waals surface area (Å²) in [6.45, 7) is 6.98. The minimum absolute atomic E-state index is 0.0844. The molecule has 2 rings (SSSR count). The van der Waals surface area contributed by atoms with Crippen LogP contribution in [0, 0.1) is 5.82 Å². The number of nitrogens with zero attached hydrogens (tertiary/aromatic N) is 1. The normalized spacial score (nSPS) is 12.1. The number of hydrogen-bond donors (Lipinski definition) is 1. The van der Waals surface area contributed by atoms with E-state index in [2.05, 4.69) is 37.1 Å². The average molecular weight is 246 g/mol. The van der Waals surface area contributed by atoms with Crippen molar-refractivity contribution in [1.82, 2.24) is 10.3 Å². The van der Waals surface area contributed by atoms with Crippen molar-refractivity contribution < 1.29 is 4.39 Å². The highest BCUT2D eigenvalue weighted by atomic mass is 19.1. The zero-order valence-electron chi connectivity index (χ0n) is 11.3. The Morgan fingerprint density at radius 3 is 2.61 bits per heavy atom. The summed E-state index contributed by atoms with van der Waals surface area (Å²) in [5.41, 5.74) is 2.39. The van der Waals surface area contributed by atoms with Crippen LogP contribution in [0.1, 0.15) is 32.0 Å². The molecule has 0 atom stereocenters. The van der Waals surface area contributed by atoms with E-state index in [1.807, 2.05) is 13.1 Å². The fourth-order valence-electron chi connectivity index (χ4n) is 2.00. The van der Waals surface area contributed by atoms with Crippen molar-refractivity contribution in [3.63, 3.8) is 0 Å². The highest BCUT2D eigenvalue weighted by Gasteiger charge is 2.18. The van der Waals surface area contributed by atoms with Crippen molar-refractivity contribution in [2.45, 2.75) is 32.7 Å². The summed E-state index contributed by atoms with van der Waals surface area (Å²) in [5.74, 6) is -0.254. The van der Waals surface area contributed by atoms with Gasteiger partial charge in [0.05, 0.1) is 0 Å². The van der Waals surface area contributed by atoms with E-state index in [1.165, 1.54) is 6.07 Å². The molecule has 2 aromatic rings. The first kappa shape index (κ1) is 13.0. The van der Waals surface area contributed by atoms with Gasteiger partial charge < -0.3 is 5.32 Å². The Morgan fingerprint density at radius 1 is 1.28 bits per heavy atom. The van der Waals surface area contributed by atoms with Gasteiger partial charge in [-0.1, -0.05) is 32.9 Å². The molecule has 0 amide bonds. The maximum atomic E-state index is 13.9. The Labute approximate surface area is 107 Å². The van der Waals surface area contributed by atoms with E-state index in [0.29, 0.717) is 12.1 Å². The number of aromatic nitrogens is 1. The van der Waals surface area contributed by atoms with Crippen LogP contribution in [0.5, 0.6) is 0 Å². The molecular weight excluding hydrogens is 227 g/mol. The predicted molar refractivity (Wildman–Crippen MR) is 73.2 cm³/mol. The van der Waals surface area contributed by atoms with Crippen molar-refractivity contribution >= 4 is 10.9 Å². The van der Waals surface area contributed by atoms with E-state index in [0.717, 1.165) is 16.6 Å². The number of halogens is 1. The summed E-state index contributed by atoms with van der Waals surface area (Å²) in [4.78, 5) is 4.49. The first-order valence-corrected chi connectivity index (χ1v) is 6.16. The molecule has 0 spiro atoms. The minimum Gasteiger partial charge on any atom is -0.316 e. The van der Waals surface area contributed by atoms with Gasteiger partial charge in [0.25, 0.3) is 0 Å². The molecule has 1 aromatic heterocycles. The molecule has 0 unspecified atom stereocenters. The van der Waals surface area contributed by atoms with Gasteiger partial charge in [0, 0.05) is 23.0 Å². The number of para-hydroxylation sites is 1. The molecule has 96 valence electrons. The van der Waals surface area contributed by atoms with Gasteiger partial charge in [-0.15, -0.1) is 0 Å². The first-order chi connectivity index (χ1) is 8.43. The Balaban J connectivity index is 2.75. The largest absolute Gasteiger partial charge is 0.316 e. The number of rotatable bonds is 2. The number of hydrogen-bond acceptors (Lipinski definition) is 2. The Hall–Kier alpha value is -1.48. The second-order valence-corrected chi connectivity index (χ2v) is 5.58. The van der Waals surface area contributed by atoms with Gasteiger partial charge in [0.15, 0.2) is 0 Å². The zero-order chi connectivity index (χ0) is 13.3. The molecule has 1 heterocycles. The molecule has 0 saturated carbocycles. The first-order valence-electron chi connectivity index (χ1n) is 6.16. The third kappa shape index (κ3) is 2.36. The smallest absolute Gasteiger partial charge is 0.149 e. The van der Waals surface area contributed by atoms with Crippen LogP contribution in [0.3, 0.4) is 0 Å². The van der Waals surface area contributed by atoms with Gasteiger partial charge in [-0.25, -0.2) is 9.37 Å². The molecule has 1 N–H and O–H groups in total. The van der Waals surface area contributed by atoms with Crippen molar-refractivity contribution in [3.05, 3.63) is 41.3 Å². The summed E-state index contributed by atoms with van der Waals surface area (Å²) < 4.78 is 13.9. The van der Waals surface area contributed by atoms with Crippen molar-refractivity contribution in [3.8, 4) is 0 Å². The van der Waals surface area contributed by atoms with E-state index < -0.39 is 0 Å². The fourth-order valence-corrected chi connectivity index (χ4v) is 2.00. The summed E-state index contributed by atoms with van der Waals surface area (Å²) in [7, 11) is 1.89. The van der Waals surface area contributed by atoms with Gasteiger partial charge in [-0.2, -0.15) is 0 Å². The molecule has 18 heavy (non-hydrogen) atoms. The van der Waals surface area contributed by atoms with Gasteiger partial charge in [0.2, 0.25) is 0 Å². The lowest BCUT2D eigenvalue weighted by atomic mass is 9.90. The molecular formula is C15H19FN2. The summed E-state index contributed by atoms with van der Waals surface area (Å²) in [6, 6.07) is 7.18. The molecule has 2 nitrogen and oxygen atoms in total. The molecule has 0 saturated heterocycles. The van der Waals surface area contributed by atoms with Crippen molar-refractivity contribution in [1.29, 1.82) is 0 Å². The maximum absolute atomic E-state index is 13.9. The molecule has 0 aliphatic carbocycles. The topological polar surface area (TPSA) is 24.9 Å². The van der Waals surface area contributed by atoms with Crippen LogP contribution in [-0.4, -0.2) is 12.0 Å². The molecule has 0 aliphatic rings. The van der Waals surface area contributed by atoms with Gasteiger partial charge in [-0.3, -0.25) is 0 Å². The van der Waals surface area contributed by atoms with Crippen molar-refractivity contribution in [2.75, 3.05) is 7.05 Å². The monoisotopic (exact) mass is 246 g/mol. The van der Waals surface area contributed by atoms with E-state index in [1.54, 1.807) is 6.07 Å². The third-order valence-corrected chi connectivity index (χ3v) is 3.01. The minimum atomic E-state index is -0.254. The van der Waals surface area contributed by atoms with Crippen LogP contribution in [0.15, 0.2) is 24.3 Å². The fraction of sp³-hybridized carbons (Fsp3) is 0.400. The quantitative estimate of drug-likeness (QED) is 0.878. The van der Waals surface area contributed by atoms with E-state index in [4.69, 9.17) is 0 Å². The number of pyridine rings is 1. The standard InChI is InChI=1S/C15H19FN2/c1-15(2,3)13-8-10(9-17-4)11-6-5-7-12(16)14(11)18-13/h5-8,17H,9H2,1-4H3. The highest BCUT2D eigenvalue weighted by Crippen LogP contribution is 2.27. The van der Waals surface area contributed by atoms with Crippen LogP contribution in [-0.2, 0) is 12.0 Å².